The first-order valence-electron chi connectivity index (χ1n) is 19.2. The number of ketones is 4. The average molecular weight is 917 g/mol. The minimum absolute atomic E-state index is 0. The molecule has 0 unspecified atom stereocenters. The van der Waals surface area contributed by atoms with E-state index >= 15 is 0 Å². The van der Waals surface area contributed by atoms with Gasteiger partial charge in [0.25, 0.3) is 23.1 Å². The zero-order valence-corrected chi connectivity index (χ0v) is 40.8. The number of Topliss-reactive ketones (excluding diaryl/α,β-unsaturated/α-hetero) is 4. The van der Waals surface area contributed by atoms with Crippen molar-refractivity contribution in [3.63, 3.8) is 0 Å². The molecule has 0 saturated heterocycles. The van der Waals surface area contributed by atoms with E-state index in [2.05, 4.69) is 0 Å². The number of hydrogen-bond acceptors (Lipinski definition) is 20. The molecule has 0 aliphatic carbocycles. The second kappa shape index (κ2) is 30.1. The molecule has 0 radical (unpaired) electrons. The third-order valence-electron chi connectivity index (χ3n) is 6.14. The van der Waals surface area contributed by atoms with Crippen LogP contribution in [0.25, 0.3) is 0 Å². The second-order valence-electron chi connectivity index (χ2n) is 15.2. The van der Waals surface area contributed by atoms with Crippen LogP contribution in [0.2, 0.25) is 0 Å². The number of ether oxygens (including phenoxy) is 8. The molecule has 20 nitrogen and oxygen atoms in total. The summed E-state index contributed by atoms with van der Waals surface area (Å²) in [4.78, 5) is 89.0. The molecular weight excluding hydrogens is 848 g/mol. The van der Waals surface area contributed by atoms with Gasteiger partial charge in [-0.15, -0.1) is 0 Å². The Morgan fingerprint density at radius 3 is 0.393 bits per heavy atom. The zero-order valence-electron chi connectivity index (χ0n) is 39.3. The van der Waals surface area contributed by atoms with Crippen LogP contribution in [0, 0.1) is 0 Å². The topological polar surface area (TPSA) is 303 Å². The molecular formula is C40H68O20Ti. The average Bonchev–Trinajstić information content (AvgIpc) is 3.01. The Morgan fingerprint density at radius 2 is 0.361 bits per heavy atom. The van der Waals surface area contributed by atoms with E-state index in [-0.39, 0.29) is 21.7 Å². The van der Waals surface area contributed by atoms with Gasteiger partial charge in [0.2, 0.25) is 0 Å². The summed E-state index contributed by atoms with van der Waals surface area (Å²) in [6, 6.07) is 0. The molecule has 0 atom stereocenters. The van der Waals surface area contributed by atoms with Gasteiger partial charge < -0.3 is 77.5 Å². The van der Waals surface area contributed by atoms with Gasteiger partial charge >= 0.3 is 21.7 Å². The van der Waals surface area contributed by atoms with Crippen LogP contribution >= 0.6 is 0 Å². The van der Waals surface area contributed by atoms with Crippen LogP contribution in [0.15, 0.2) is 0 Å². The molecule has 0 aliphatic heterocycles. The molecule has 0 heterocycles. The third kappa shape index (κ3) is 23.8. The van der Waals surface area contributed by atoms with Crippen LogP contribution < -0.4 is 20.4 Å². The first kappa shape index (κ1) is 67.0. The maximum absolute atomic E-state index is 11.3. The molecule has 0 aromatic carbocycles. The minimum atomic E-state index is -2.29. The largest absolute Gasteiger partial charge is 4.00 e. The van der Waals surface area contributed by atoms with Crippen molar-refractivity contribution in [3.8, 4) is 0 Å². The molecule has 0 aliphatic rings. The number of carbonyl (C=O) groups is 8. The van der Waals surface area contributed by atoms with Gasteiger partial charge in [-0.1, -0.05) is 0 Å². The number of carboxylic acids is 4. The smallest absolute Gasteiger partial charge is 0.544 e. The van der Waals surface area contributed by atoms with Crippen LogP contribution in [-0.4, -0.2) is 119 Å². The fourth-order valence-corrected chi connectivity index (χ4v) is 4.39. The summed E-state index contributed by atoms with van der Waals surface area (Å²) in [6.07, 6.45) is -3.63. The van der Waals surface area contributed by atoms with Crippen LogP contribution in [0.5, 0.6) is 0 Å². The number of rotatable bonds is 24. The van der Waals surface area contributed by atoms with Gasteiger partial charge in [0.1, 0.15) is 23.9 Å². The monoisotopic (exact) mass is 916 g/mol. The van der Waals surface area contributed by atoms with E-state index in [1.54, 1.807) is 111 Å². The fraction of sp³-hybridized carbons (Fsp3) is 0.800. The molecule has 0 fully saturated rings. The van der Waals surface area contributed by atoms with Crippen LogP contribution in [0.3, 0.4) is 0 Å². The van der Waals surface area contributed by atoms with Crippen molar-refractivity contribution in [2.45, 2.75) is 210 Å². The Balaban J connectivity index is -0.000000227. The van der Waals surface area contributed by atoms with Gasteiger partial charge in [0, 0.05) is 27.7 Å². The normalized spacial score (nSPS) is 12.0. The summed E-state index contributed by atoms with van der Waals surface area (Å²) >= 11 is 0. The van der Waals surface area contributed by atoms with Gasteiger partial charge in [-0.3, -0.25) is 19.2 Å². The quantitative estimate of drug-likeness (QED) is 0.0668. The zero-order chi connectivity index (χ0) is 48.9. The summed E-state index contributed by atoms with van der Waals surface area (Å²) in [6.45, 7) is 30.2. The van der Waals surface area contributed by atoms with Crippen LogP contribution in [-0.2, 0) is 98.0 Å². The van der Waals surface area contributed by atoms with Crippen molar-refractivity contribution in [2.24, 2.45) is 0 Å². The molecule has 0 rings (SSSR count). The van der Waals surface area contributed by atoms with Gasteiger partial charge in [0.05, 0.1) is 48.8 Å². The van der Waals surface area contributed by atoms with Crippen molar-refractivity contribution in [3.05, 3.63) is 0 Å². The van der Waals surface area contributed by atoms with E-state index in [0.29, 0.717) is 0 Å². The van der Waals surface area contributed by atoms with E-state index < -0.39 is 119 Å². The second-order valence-corrected chi connectivity index (χ2v) is 15.2. The minimum Gasteiger partial charge on any atom is -0.544 e. The summed E-state index contributed by atoms with van der Waals surface area (Å²) in [7, 11) is 0. The number of hydrogen-bond donors (Lipinski definition) is 0. The standard InChI is InChI=1S/4C10H18O5.Ti/c4*1-6(2)14-10(8(5)11,9(12)13)15-7(3)4;/h4*6-7H,1-5H3,(H,12,13);/q;;;;+4/p-4. The SMILES string of the molecule is CC(=O)C(OC(C)C)(OC(C)C)C(=O)[O-].CC(=O)C(OC(C)C)(OC(C)C)C(=O)[O-].CC(=O)C(OC(C)C)(OC(C)C)C(=O)[O-].CC(=O)C(OC(C)C)(OC(C)C)C(=O)[O-].[Ti+4]. The predicted octanol–water partition coefficient (Wildman–Crippen LogP) is -0.516. The molecule has 0 amide bonds. The maximum atomic E-state index is 11.3. The van der Waals surface area contributed by atoms with E-state index in [1.807, 2.05) is 0 Å². The predicted molar refractivity (Wildman–Crippen MR) is 203 cm³/mol. The van der Waals surface area contributed by atoms with Crippen LogP contribution in [0.1, 0.15) is 138 Å². The molecule has 352 valence electrons. The number of aliphatic carboxylic acids is 4. The van der Waals surface area contributed by atoms with Gasteiger partial charge in [-0.25, -0.2) is 0 Å². The molecule has 0 N–H and O–H groups in total. The van der Waals surface area contributed by atoms with Crippen molar-refractivity contribution >= 4 is 47.0 Å². The van der Waals surface area contributed by atoms with E-state index in [9.17, 15) is 58.8 Å². The van der Waals surface area contributed by atoms with Crippen molar-refractivity contribution in [1.29, 1.82) is 0 Å². The van der Waals surface area contributed by atoms with Gasteiger partial charge in [-0.05, 0) is 111 Å². The summed E-state index contributed by atoms with van der Waals surface area (Å²) in [5.41, 5.74) is 0. The molecule has 61 heavy (non-hydrogen) atoms. The molecule has 0 bridgehead atoms. The summed E-state index contributed by atoms with van der Waals surface area (Å²) < 4.78 is 40.3. The fourth-order valence-electron chi connectivity index (χ4n) is 4.39. The first-order valence-corrected chi connectivity index (χ1v) is 19.2. The maximum Gasteiger partial charge on any atom is 4.00 e. The first-order chi connectivity index (χ1) is 26.9. The number of carbonyl (C=O) groups excluding carboxylic acids is 8. The third-order valence-corrected chi connectivity index (χ3v) is 6.14. The molecule has 0 aromatic heterocycles. The van der Waals surface area contributed by atoms with E-state index in [4.69, 9.17) is 37.9 Å². The van der Waals surface area contributed by atoms with Crippen molar-refractivity contribution < 1.29 is 118 Å². The van der Waals surface area contributed by atoms with E-state index in [0.717, 1.165) is 27.7 Å². The molecule has 21 heteroatoms. The summed E-state index contributed by atoms with van der Waals surface area (Å²) in [5.74, 6) is -18.8. The Labute approximate surface area is 374 Å². The Kier molecular flexibility index (Phi) is 33.1. The number of carboxylic acid groups (broad SMARTS) is 4. The van der Waals surface area contributed by atoms with Crippen LogP contribution in [0.4, 0.5) is 0 Å². The Hall–Kier alpha value is -3.05. The Bertz CT molecular complexity index is 1090. The van der Waals surface area contributed by atoms with E-state index in [1.165, 1.54) is 0 Å². The summed E-state index contributed by atoms with van der Waals surface area (Å²) in [5, 5.41) is 43.8. The van der Waals surface area contributed by atoms with Gasteiger partial charge in [0.15, 0.2) is 23.1 Å². The molecule has 0 saturated carbocycles. The van der Waals surface area contributed by atoms with Crippen molar-refractivity contribution in [1.82, 2.24) is 0 Å². The van der Waals surface area contributed by atoms with Crippen molar-refractivity contribution in [2.75, 3.05) is 0 Å². The van der Waals surface area contributed by atoms with Gasteiger partial charge in [-0.2, -0.15) is 0 Å². The Morgan fingerprint density at radius 1 is 0.279 bits per heavy atom. The molecule has 0 aromatic rings. The molecule has 0 spiro atoms.